The number of aliphatic hydroxyl groups excluding tert-OH is 1. The van der Waals surface area contributed by atoms with E-state index in [-0.39, 0.29) is 6.61 Å². The second kappa shape index (κ2) is 10.00. The molecule has 21 heavy (non-hydrogen) atoms. The van der Waals surface area contributed by atoms with E-state index in [1.165, 1.54) is 18.9 Å². The van der Waals surface area contributed by atoms with E-state index < -0.39 is 12.1 Å². The molecule has 0 aliphatic heterocycles. The Kier molecular flexibility index (Phi) is 8.21. The summed E-state index contributed by atoms with van der Waals surface area (Å²) in [7, 11) is 0. The number of hydrogen-bond donors (Lipinski definition) is 2. The van der Waals surface area contributed by atoms with Crippen molar-refractivity contribution in [1.29, 1.82) is 0 Å². The zero-order chi connectivity index (χ0) is 15.5. The molecule has 0 fully saturated rings. The molecule has 2 N–H and O–H groups in total. The van der Waals surface area contributed by atoms with Crippen LogP contribution in [0.4, 0.5) is 0 Å². The van der Waals surface area contributed by atoms with Crippen molar-refractivity contribution in [3.8, 4) is 5.75 Å². The van der Waals surface area contributed by atoms with Gasteiger partial charge in [0, 0.05) is 6.08 Å². The van der Waals surface area contributed by atoms with Gasteiger partial charge in [-0.25, -0.2) is 4.79 Å². The Morgan fingerprint density at radius 2 is 1.95 bits per heavy atom. The van der Waals surface area contributed by atoms with E-state index in [2.05, 4.69) is 6.92 Å². The number of carbonyl (C=O) groups is 1. The van der Waals surface area contributed by atoms with Crippen LogP contribution in [0.15, 0.2) is 30.3 Å². The van der Waals surface area contributed by atoms with Crippen molar-refractivity contribution < 1.29 is 19.7 Å². The molecule has 0 aliphatic rings. The summed E-state index contributed by atoms with van der Waals surface area (Å²) in [5.74, 6) is -0.295. The summed E-state index contributed by atoms with van der Waals surface area (Å²) < 4.78 is 5.51. The van der Waals surface area contributed by atoms with E-state index in [1.807, 2.05) is 0 Å². The lowest BCUT2D eigenvalue weighted by Crippen LogP contribution is -2.17. The van der Waals surface area contributed by atoms with Crippen molar-refractivity contribution in [3.05, 3.63) is 35.9 Å². The predicted molar refractivity (Wildman–Crippen MR) is 83.4 cm³/mol. The first-order valence-electron chi connectivity index (χ1n) is 7.43. The average molecular weight is 292 g/mol. The van der Waals surface area contributed by atoms with Gasteiger partial charge in [0.15, 0.2) is 0 Å². The fourth-order valence-corrected chi connectivity index (χ4v) is 1.93. The molecule has 0 heterocycles. The van der Waals surface area contributed by atoms with Gasteiger partial charge in [-0.3, -0.25) is 0 Å². The molecule has 0 radical (unpaired) electrons. The minimum absolute atomic E-state index is 0.288. The number of rotatable bonds is 10. The van der Waals surface area contributed by atoms with Crippen LogP contribution in [0.1, 0.15) is 44.6 Å². The monoisotopic (exact) mass is 292 g/mol. The highest BCUT2D eigenvalue weighted by atomic mass is 16.5. The van der Waals surface area contributed by atoms with Crippen LogP contribution in [0.5, 0.6) is 5.75 Å². The van der Waals surface area contributed by atoms with Crippen molar-refractivity contribution in [2.24, 2.45) is 0 Å². The predicted octanol–water partition coefficient (Wildman–Crippen LogP) is 3.49. The molecule has 0 spiro atoms. The second-order valence-electron chi connectivity index (χ2n) is 5.05. The van der Waals surface area contributed by atoms with Gasteiger partial charge in [0.05, 0.1) is 6.10 Å². The summed E-state index contributed by atoms with van der Waals surface area (Å²) in [6.07, 6.45) is 7.52. The smallest absolute Gasteiger partial charge is 0.328 e. The van der Waals surface area contributed by atoms with Crippen LogP contribution in [0.2, 0.25) is 0 Å². The number of aliphatic hydroxyl groups is 1. The molecule has 0 bridgehead atoms. The third-order valence-corrected chi connectivity index (χ3v) is 3.13. The topological polar surface area (TPSA) is 66.8 Å². The Hall–Kier alpha value is -1.81. The fourth-order valence-electron chi connectivity index (χ4n) is 1.93. The minimum Gasteiger partial charge on any atom is -0.491 e. The Bertz CT molecular complexity index is 437. The van der Waals surface area contributed by atoms with E-state index in [4.69, 9.17) is 9.84 Å². The summed E-state index contributed by atoms with van der Waals surface area (Å²) in [5, 5.41) is 18.3. The van der Waals surface area contributed by atoms with Crippen LogP contribution >= 0.6 is 0 Å². The number of unbranched alkanes of at least 4 members (excludes halogenated alkanes) is 3. The van der Waals surface area contributed by atoms with Crippen LogP contribution in [0.3, 0.4) is 0 Å². The number of benzene rings is 1. The highest BCUT2D eigenvalue weighted by Crippen LogP contribution is 2.14. The summed E-state index contributed by atoms with van der Waals surface area (Å²) in [4.78, 5) is 10.4. The molecule has 0 aromatic heterocycles. The van der Waals surface area contributed by atoms with E-state index in [0.29, 0.717) is 5.75 Å². The molecule has 116 valence electrons. The number of hydrogen-bond acceptors (Lipinski definition) is 3. The average Bonchev–Trinajstić information content (AvgIpc) is 2.48. The molecule has 0 amide bonds. The van der Waals surface area contributed by atoms with Crippen LogP contribution in [-0.2, 0) is 4.79 Å². The van der Waals surface area contributed by atoms with Gasteiger partial charge in [-0.1, -0.05) is 44.7 Å². The van der Waals surface area contributed by atoms with Gasteiger partial charge >= 0.3 is 5.97 Å². The van der Waals surface area contributed by atoms with Crippen molar-refractivity contribution in [1.82, 2.24) is 0 Å². The van der Waals surface area contributed by atoms with Gasteiger partial charge < -0.3 is 14.9 Å². The zero-order valence-corrected chi connectivity index (χ0v) is 12.5. The largest absolute Gasteiger partial charge is 0.491 e. The molecule has 0 aliphatic carbocycles. The molecule has 4 heteroatoms. The van der Waals surface area contributed by atoms with Gasteiger partial charge in [0.25, 0.3) is 0 Å². The van der Waals surface area contributed by atoms with E-state index in [1.54, 1.807) is 24.3 Å². The number of ether oxygens (including phenoxy) is 1. The molecule has 1 rings (SSSR count). The third kappa shape index (κ3) is 8.15. The summed E-state index contributed by atoms with van der Waals surface area (Å²) in [5.41, 5.74) is 0.796. The van der Waals surface area contributed by atoms with E-state index in [9.17, 15) is 9.90 Å². The van der Waals surface area contributed by atoms with E-state index in [0.717, 1.165) is 30.9 Å². The first-order valence-corrected chi connectivity index (χ1v) is 7.43. The standard InChI is InChI=1S/C17H24O4/c1-2-3-4-5-6-15(18)13-21-16-10-7-14(8-11-16)9-12-17(19)20/h7-12,15,18H,2-6,13H2,1H3,(H,19,20)/b12-9+. The maximum Gasteiger partial charge on any atom is 0.328 e. The molecule has 1 atom stereocenters. The van der Waals surface area contributed by atoms with Gasteiger partial charge in [-0.15, -0.1) is 0 Å². The first kappa shape index (κ1) is 17.2. The number of carboxylic acids is 1. The summed E-state index contributed by atoms with van der Waals surface area (Å²) in [6, 6.07) is 7.10. The van der Waals surface area contributed by atoms with Gasteiger partial charge in [-0.2, -0.15) is 0 Å². The number of aliphatic carboxylic acids is 1. The summed E-state index contributed by atoms with van der Waals surface area (Å²) >= 11 is 0. The Balaban J connectivity index is 2.30. The van der Waals surface area contributed by atoms with Gasteiger partial charge in [0.1, 0.15) is 12.4 Å². The molecule has 1 aromatic carbocycles. The summed E-state index contributed by atoms with van der Waals surface area (Å²) in [6.45, 7) is 2.45. The van der Waals surface area contributed by atoms with Gasteiger partial charge in [-0.05, 0) is 30.2 Å². The van der Waals surface area contributed by atoms with Crippen molar-refractivity contribution in [2.45, 2.75) is 45.1 Å². The number of carboxylic acid groups (broad SMARTS) is 1. The van der Waals surface area contributed by atoms with Gasteiger partial charge in [0.2, 0.25) is 0 Å². The highest BCUT2D eigenvalue weighted by molar-refractivity contribution is 5.85. The van der Waals surface area contributed by atoms with Crippen LogP contribution in [0.25, 0.3) is 6.08 Å². The third-order valence-electron chi connectivity index (χ3n) is 3.13. The lowest BCUT2D eigenvalue weighted by Gasteiger charge is -2.12. The van der Waals surface area contributed by atoms with Crippen molar-refractivity contribution >= 4 is 12.0 Å². The minimum atomic E-state index is -0.971. The molecule has 1 unspecified atom stereocenters. The molecule has 1 aromatic rings. The molecular formula is C17H24O4. The zero-order valence-electron chi connectivity index (χ0n) is 12.5. The lowest BCUT2D eigenvalue weighted by molar-refractivity contribution is -0.131. The van der Waals surface area contributed by atoms with Crippen molar-refractivity contribution in [2.75, 3.05) is 6.61 Å². The lowest BCUT2D eigenvalue weighted by atomic mass is 10.1. The van der Waals surface area contributed by atoms with Crippen LogP contribution in [-0.4, -0.2) is 28.9 Å². The Morgan fingerprint density at radius 1 is 1.24 bits per heavy atom. The van der Waals surface area contributed by atoms with Crippen LogP contribution < -0.4 is 4.74 Å². The second-order valence-corrected chi connectivity index (χ2v) is 5.05. The fraction of sp³-hybridized carbons (Fsp3) is 0.471. The SMILES string of the molecule is CCCCCCC(O)COc1ccc(/C=C/C(=O)O)cc1. The molecular weight excluding hydrogens is 268 g/mol. The maximum absolute atomic E-state index is 10.4. The van der Waals surface area contributed by atoms with E-state index >= 15 is 0 Å². The first-order chi connectivity index (χ1) is 10.1. The highest BCUT2D eigenvalue weighted by Gasteiger charge is 2.05. The Labute approximate surface area is 126 Å². The van der Waals surface area contributed by atoms with Crippen LogP contribution in [0, 0.1) is 0 Å². The molecule has 0 saturated carbocycles. The normalized spacial score (nSPS) is 12.5. The van der Waals surface area contributed by atoms with Crippen molar-refractivity contribution in [3.63, 3.8) is 0 Å². The maximum atomic E-state index is 10.4. The quantitative estimate of drug-likeness (QED) is 0.511. The molecule has 0 saturated heterocycles. The Morgan fingerprint density at radius 3 is 2.57 bits per heavy atom. The molecule has 4 nitrogen and oxygen atoms in total.